The minimum atomic E-state index is 0.102. The van der Waals surface area contributed by atoms with Crippen LogP contribution in [0.2, 0.25) is 0 Å². The number of fused-ring (bicyclic) bond motifs is 13. The van der Waals surface area contributed by atoms with Crippen molar-refractivity contribution in [2.24, 2.45) is 0 Å². The summed E-state index contributed by atoms with van der Waals surface area (Å²) in [6, 6.07) is 67.1. The highest BCUT2D eigenvalue weighted by atomic mass is 15.2. The SMILES string of the molecule is C1=CC2C(c3cc(N4c5ccccc5C5C=c6c(n(-c7ccccc7)c7ccccc67)=CC54)ccc3N2c2ccccc2)c2c1c1ccccc1n2-c1ccccc1. The number of benzene rings is 7. The molecule has 4 atom stereocenters. The Morgan fingerprint density at radius 1 is 0.414 bits per heavy atom. The van der Waals surface area contributed by atoms with Crippen LogP contribution in [-0.2, 0) is 0 Å². The normalized spacial score (nSPS) is 19.5. The van der Waals surface area contributed by atoms with Crippen LogP contribution in [0.5, 0.6) is 0 Å². The minimum Gasteiger partial charge on any atom is -0.333 e. The zero-order valence-electron chi connectivity index (χ0n) is 31.7. The van der Waals surface area contributed by atoms with Gasteiger partial charge in [-0.25, -0.2) is 0 Å². The second-order valence-electron chi connectivity index (χ2n) is 16.0. The molecule has 0 bridgehead atoms. The minimum absolute atomic E-state index is 0.102. The number of anilines is 4. The van der Waals surface area contributed by atoms with E-state index in [4.69, 9.17) is 0 Å². The summed E-state index contributed by atoms with van der Waals surface area (Å²) in [4.78, 5) is 5.20. The number of hydrogen-bond donors (Lipinski definition) is 0. The maximum atomic E-state index is 2.62. The van der Waals surface area contributed by atoms with Gasteiger partial charge in [-0.1, -0.05) is 127 Å². The molecule has 274 valence electrons. The molecule has 0 amide bonds. The van der Waals surface area contributed by atoms with Crippen molar-refractivity contribution in [2.45, 2.75) is 23.9 Å². The van der Waals surface area contributed by atoms with Gasteiger partial charge in [0.2, 0.25) is 0 Å². The third-order valence-electron chi connectivity index (χ3n) is 13.1. The molecule has 0 radical (unpaired) electrons. The molecule has 2 aliphatic carbocycles. The smallest absolute Gasteiger partial charge is 0.0650 e. The number of aromatic nitrogens is 2. The maximum absolute atomic E-state index is 2.62. The lowest BCUT2D eigenvalue weighted by Gasteiger charge is -2.31. The van der Waals surface area contributed by atoms with E-state index in [1.165, 1.54) is 88.9 Å². The van der Waals surface area contributed by atoms with E-state index in [1.54, 1.807) is 0 Å². The van der Waals surface area contributed by atoms with Crippen LogP contribution >= 0.6 is 0 Å². The molecule has 4 heteroatoms. The zero-order chi connectivity index (χ0) is 37.9. The summed E-state index contributed by atoms with van der Waals surface area (Å²) in [7, 11) is 0. The highest BCUT2D eigenvalue weighted by Crippen LogP contribution is 2.56. The molecule has 0 spiro atoms. The van der Waals surface area contributed by atoms with Crippen molar-refractivity contribution < 1.29 is 0 Å². The number of para-hydroxylation sites is 6. The third-order valence-corrected chi connectivity index (χ3v) is 13.1. The average molecular weight is 743 g/mol. The van der Waals surface area contributed by atoms with Crippen molar-refractivity contribution in [1.82, 2.24) is 9.13 Å². The lowest BCUT2D eigenvalue weighted by Crippen LogP contribution is -2.40. The Bertz CT molecular complexity index is 3270. The Kier molecular flexibility index (Phi) is 6.65. The van der Waals surface area contributed by atoms with Gasteiger partial charge in [0, 0.05) is 67.3 Å². The topological polar surface area (TPSA) is 16.3 Å². The highest BCUT2D eigenvalue weighted by molar-refractivity contribution is 5.96. The van der Waals surface area contributed by atoms with Crippen LogP contribution in [0.1, 0.15) is 34.2 Å². The molecule has 13 rings (SSSR count). The second kappa shape index (κ2) is 12.1. The van der Waals surface area contributed by atoms with Gasteiger partial charge in [0.05, 0.1) is 34.4 Å². The van der Waals surface area contributed by atoms with Crippen LogP contribution in [0.25, 0.3) is 51.4 Å². The average Bonchev–Trinajstić information content (AvgIpc) is 4.01. The predicted molar refractivity (Wildman–Crippen MR) is 240 cm³/mol. The van der Waals surface area contributed by atoms with Crippen molar-refractivity contribution in [2.75, 3.05) is 9.80 Å². The van der Waals surface area contributed by atoms with Gasteiger partial charge < -0.3 is 18.9 Å². The predicted octanol–water partition coefficient (Wildman–Crippen LogP) is 11.1. The van der Waals surface area contributed by atoms with Crippen molar-refractivity contribution in [3.63, 3.8) is 0 Å². The van der Waals surface area contributed by atoms with E-state index in [9.17, 15) is 0 Å². The Balaban J connectivity index is 1.05. The van der Waals surface area contributed by atoms with Crippen molar-refractivity contribution in [3.05, 3.63) is 221 Å². The fourth-order valence-corrected chi connectivity index (χ4v) is 10.9. The largest absolute Gasteiger partial charge is 0.333 e. The van der Waals surface area contributed by atoms with Crippen LogP contribution in [0, 0.1) is 0 Å². The number of hydrogen-bond acceptors (Lipinski definition) is 2. The molecular weight excluding hydrogens is 705 g/mol. The molecular formula is C54H38N4. The van der Waals surface area contributed by atoms with Crippen LogP contribution in [0.3, 0.4) is 0 Å². The van der Waals surface area contributed by atoms with E-state index in [2.05, 4.69) is 225 Å². The second-order valence-corrected chi connectivity index (χ2v) is 16.0. The Morgan fingerprint density at radius 3 is 1.76 bits per heavy atom. The molecule has 0 saturated heterocycles. The summed E-state index contributed by atoms with van der Waals surface area (Å²) in [6.45, 7) is 0. The van der Waals surface area contributed by atoms with Crippen molar-refractivity contribution in [1.29, 1.82) is 0 Å². The molecule has 4 heterocycles. The van der Waals surface area contributed by atoms with Crippen molar-refractivity contribution in [3.8, 4) is 11.4 Å². The van der Waals surface area contributed by atoms with Gasteiger partial charge in [0.1, 0.15) is 0 Å². The first kappa shape index (κ1) is 31.9. The van der Waals surface area contributed by atoms with E-state index < -0.39 is 0 Å². The molecule has 0 saturated carbocycles. The fraction of sp³-hybridized carbons (Fsp3) is 0.0741. The number of rotatable bonds is 4. The third kappa shape index (κ3) is 4.34. The Labute approximate surface area is 336 Å². The van der Waals surface area contributed by atoms with Crippen LogP contribution in [-0.4, -0.2) is 21.2 Å². The van der Waals surface area contributed by atoms with Crippen LogP contribution in [0.4, 0.5) is 22.7 Å². The molecule has 58 heavy (non-hydrogen) atoms. The molecule has 7 aromatic carbocycles. The van der Waals surface area contributed by atoms with Gasteiger partial charge in [-0.3, -0.25) is 0 Å². The van der Waals surface area contributed by atoms with E-state index in [0.717, 1.165) is 0 Å². The van der Waals surface area contributed by atoms with E-state index in [1.807, 2.05) is 0 Å². The van der Waals surface area contributed by atoms with Gasteiger partial charge in [0.25, 0.3) is 0 Å². The molecule has 2 aromatic heterocycles. The summed E-state index contributed by atoms with van der Waals surface area (Å²) in [5.74, 6) is 0.316. The Hall–Kier alpha value is -7.30. The lowest BCUT2D eigenvalue weighted by atomic mass is 9.84. The van der Waals surface area contributed by atoms with Gasteiger partial charge in [-0.05, 0) is 90.0 Å². The van der Waals surface area contributed by atoms with E-state index in [0.29, 0.717) is 0 Å². The molecule has 0 fully saturated rings. The summed E-state index contributed by atoms with van der Waals surface area (Å²) < 4.78 is 4.99. The Morgan fingerprint density at radius 2 is 1.00 bits per heavy atom. The first-order valence-electron chi connectivity index (χ1n) is 20.4. The first-order chi connectivity index (χ1) is 28.8. The first-order valence-corrected chi connectivity index (χ1v) is 20.4. The maximum Gasteiger partial charge on any atom is 0.0650 e. The molecule has 4 aliphatic rings. The summed E-state index contributed by atoms with van der Waals surface area (Å²) >= 11 is 0. The van der Waals surface area contributed by atoms with Gasteiger partial charge >= 0.3 is 0 Å². The highest BCUT2D eigenvalue weighted by Gasteiger charge is 2.45. The van der Waals surface area contributed by atoms with Gasteiger partial charge in [-0.15, -0.1) is 0 Å². The number of nitrogens with zero attached hydrogens (tertiary/aromatic N) is 4. The monoisotopic (exact) mass is 742 g/mol. The molecule has 9 aromatic rings. The van der Waals surface area contributed by atoms with E-state index >= 15 is 0 Å². The van der Waals surface area contributed by atoms with Gasteiger partial charge in [0.15, 0.2) is 0 Å². The molecule has 0 N–H and O–H groups in total. The quantitative estimate of drug-likeness (QED) is 0.179. The van der Waals surface area contributed by atoms with Crippen molar-refractivity contribution >= 4 is 62.8 Å². The standard InChI is InChI=1S/C54H38N4/c1-4-16-35(17-5-1)55-49-30-28-38(32-45(49)53-50(55)31-29-42-39-22-10-15-27-48(39)58(54(42)53)37-20-8-3-9-21-37)57-47-26-14-12-24-41(47)44-33-43-40-23-11-13-25-46(40)56(51(43)34-52(44)57)36-18-6-2-7-19-36/h1-34,44,50,52-53H. The zero-order valence-corrected chi connectivity index (χ0v) is 31.7. The molecule has 2 aliphatic heterocycles. The van der Waals surface area contributed by atoms with Crippen LogP contribution in [0.15, 0.2) is 188 Å². The summed E-state index contributed by atoms with van der Waals surface area (Å²) in [6.07, 6.45) is 9.95. The van der Waals surface area contributed by atoms with Crippen LogP contribution < -0.4 is 20.4 Å². The summed E-state index contributed by atoms with van der Waals surface area (Å²) in [5.41, 5.74) is 15.2. The lowest BCUT2D eigenvalue weighted by molar-refractivity contribution is 0.692. The fourth-order valence-electron chi connectivity index (χ4n) is 10.9. The van der Waals surface area contributed by atoms with Gasteiger partial charge in [-0.2, -0.15) is 0 Å². The summed E-state index contributed by atoms with van der Waals surface area (Å²) in [5, 5.41) is 5.17. The molecule has 4 unspecified atom stereocenters. The van der Waals surface area contributed by atoms with E-state index in [-0.39, 0.29) is 23.9 Å². The molecule has 4 nitrogen and oxygen atoms in total.